The summed E-state index contributed by atoms with van der Waals surface area (Å²) in [6.45, 7) is 2.09. The number of hydrogen-bond donors (Lipinski definition) is 3. The summed E-state index contributed by atoms with van der Waals surface area (Å²) in [7, 11) is 0. The van der Waals surface area contributed by atoms with Crippen LogP contribution in [0.1, 0.15) is 12.8 Å². The molecule has 136 valence electrons. The summed E-state index contributed by atoms with van der Waals surface area (Å²) in [5.41, 5.74) is 4.27. The maximum atomic E-state index is 4.80. The number of aromatic amines is 1. The first kappa shape index (κ1) is 16.0. The third-order valence-electron chi connectivity index (χ3n) is 4.86. The molecule has 1 aliphatic heterocycles. The SMILES string of the molecule is c1cc(NC2CCNCC2)nc(-c2cnc3ccc(-c4cn[nH]c4)nn23)c1. The van der Waals surface area contributed by atoms with Crippen molar-refractivity contribution in [2.75, 3.05) is 18.4 Å². The smallest absolute Gasteiger partial charge is 0.154 e. The van der Waals surface area contributed by atoms with Crippen molar-refractivity contribution in [1.82, 2.24) is 35.1 Å². The zero-order valence-corrected chi connectivity index (χ0v) is 14.8. The van der Waals surface area contributed by atoms with Gasteiger partial charge in [0, 0.05) is 17.8 Å². The fraction of sp³-hybridized carbons (Fsp3) is 0.263. The molecule has 1 saturated heterocycles. The van der Waals surface area contributed by atoms with Crippen LogP contribution in [0.2, 0.25) is 0 Å². The first-order chi connectivity index (χ1) is 13.4. The highest BCUT2D eigenvalue weighted by Crippen LogP contribution is 2.23. The van der Waals surface area contributed by atoms with Gasteiger partial charge >= 0.3 is 0 Å². The summed E-state index contributed by atoms with van der Waals surface area (Å²) < 4.78 is 1.83. The topological polar surface area (TPSA) is 95.8 Å². The molecule has 0 spiro atoms. The Balaban J connectivity index is 1.49. The quantitative estimate of drug-likeness (QED) is 0.517. The van der Waals surface area contributed by atoms with Gasteiger partial charge in [-0.2, -0.15) is 10.2 Å². The van der Waals surface area contributed by atoms with Crippen molar-refractivity contribution >= 4 is 11.5 Å². The van der Waals surface area contributed by atoms with E-state index in [9.17, 15) is 0 Å². The van der Waals surface area contributed by atoms with Crippen LogP contribution >= 0.6 is 0 Å². The number of aromatic nitrogens is 6. The van der Waals surface area contributed by atoms with E-state index in [0.717, 1.165) is 60.0 Å². The standard InChI is InChI=1S/C19H20N8/c1-2-16(25-18(3-1)24-14-6-8-20-9-7-14)17-12-21-19-5-4-15(26-27(17)19)13-10-22-23-11-13/h1-5,10-12,14,20H,6-9H2,(H,22,23)(H,24,25). The second kappa shape index (κ2) is 6.81. The number of imidazole rings is 1. The highest BCUT2D eigenvalue weighted by atomic mass is 15.3. The maximum absolute atomic E-state index is 4.80. The predicted octanol–water partition coefficient (Wildman–Crippen LogP) is 2.35. The van der Waals surface area contributed by atoms with Gasteiger partial charge in [0.25, 0.3) is 0 Å². The van der Waals surface area contributed by atoms with E-state index in [2.05, 4.69) is 25.8 Å². The Hall–Kier alpha value is -3.26. The Labute approximate surface area is 156 Å². The Kier molecular flexibility index (Phi) is 4.02. The van der Waals surface area contributed by atoms with E-state index in [1.807, 2.05) is 47.2 Å². The van der Waals surface area contributed by atoms with Crippen molar-refractivity contribution in [3.8, 4) is 22.6 Å². The van der Waals surface area contributed by atoms with Gasteiger partial charge in [-0.3, -0.25) is 5.10 Å². The zero-order valence-electron chi connectivity index (χ0n) is 14.8. The molecule has 5 heterocycles. The molecule has 0 aromatic carbocycles. The molecule has 0 atom stereocenters. The van der Waals surface area contributed by atoms with Crippen molar-refractivity contribution in [3.05, 3.63) is 48.9 Å². The Morgan fingerprint density at radius 2 is 1.96 bits per heavy atom. The fourth-order valence-corrected chi connectivity index (χ4v) is 3.43. The summed E-state index contributed by atoms with van der Waals surface area (Å²) >= 11 is 0. The monoisotopic (exact) mass is 360 g/mol. The van der Waals surface area contributed by atoms with Crippen LogP contribution in [0.5, 0.6) is 0 Å². The first-order valence-electron chi connectivity index (χ1n) is 9.15. The van der Waals surface area contributed by atoms with Crippen LogP contribution in [-0.2, 0) is 0 Å². The van der Waals surface area contributed by atoms with Crippen molar-refractivity contribution in [2.45, 2.75) is 18.9 Å². The molecule has 1 aliphatic rings. The van der Waals surface area contributed by atoms with Gasteiger partial charge in [0.2, 0.25) is 0 Å². The van der Waals surface area contributed by atoms with Crippen molar-refractivity contribution in [1.29, 1.82) is 0 Å². The highest BCUT2D eigenvalue weighted by molar-refractivity contribution is 5.64. The molecule has 27 heavy (non-hydrogen) atoms. The minimum Gasteiger partial charge on any atom is -0.367 e. The fourth-order valence-electron chi connectivity index (χ4n) is 3.43. The summed E-state index contributed by atoms with van der Waals surface area (Å²) in [5.74, 6) is 0.889. The van der Waals surface area contributed by atoms with E-state index in [1.165, 1.54) is 0 Å². The molecule has 5 rings (SSSR count). The van der Waals surface area contributed by atoms with Gasteiger partial charge < -0.3 is 10.6 Å². The number of rotatable bonds is 4. The van der Waals surface area contributed by atoms with Gasteiger partial charge in [-0.05, 0) is 50.2 Å². The summed E-state index contributed by atoms with van der Waals surface area (Å²) in [5, 5.41) is 18.5. The lowest BCUT2D eigenvalue weighted by Gasteiger charge is -2.24. The number of piperidine rings is 1. The molecular weight excluding hydrogens is 340 g/mol. The van der Waals surface area contributed by atoms with Crippen molar-refractivity contribution in [3.63, 3.8) is 0 Å². The van der Waals surface area contributed by atoms with Gasteiger partial charge in [0.05, 0.1) is 23.8 Å². The minimum atomic E-state index is 0.460. The van der Waals surface area contributed by atoms with E-state index < -0.39 is 0 Å². The Morgan fingerprint density at radius 3 is 2.81 bits per heavy atom. The third-order valence-corrected chi connectivity index (χ3v) is 4.86. The number of hydrogen-bond acceptors (Lipinski definition) is 6. The Morgan fingerprint density at radius 1 is 1.04 bits per heavy atom. The normalized spacial score (nSPS) is 15.3. The summed E-state index contributed by atoms with van der Waals surface area (Å²) in [6, 6.07) is 10.4. The van der Waals surface area contributed by atoms with Gasteiger partial charge in [-0.25, -0.2) is 14.5 Å². The molecule has 0 radical (unpaired) electrons. The molecule has 4 aromatic heterocycles. The molecule has 0 saturated carbocycles. The van der Waals surface area contributed by atoms with Crippen LogP contribution < -0.4 is 10.6 Å². The molecule has 1 fully saturated rings. The van der Waals surface area contributed by atoms with Crippen LogP contribution in [0.15, 0.2) is 48.9 Å². The number of nitrogens with zero attached hydrogens (tertiary/aromatic N) is 5. The van der Waals surface area contributed by atoms with E-state index in [-0.39, 0.29) is 0 Å². The molecule has 3 N–H and O–H groups in total. The van der Waals surface area contributed by atoms with Crippen molar-refractivity contribution < 1.29 is 0 Å². The minimum absolute atomic E-state index is 0.460. The largest absolute Gasteiger partial charge is 0.367 e. The van der Waals surface area contributed by atoms with E-state index in [1.54, 1.807) is 6.20 Å². The highest BCUT2D eigenvalue weighted by Gasteiger charge is 2.15. The number of anilines is 1. The lowest BCUT2D eigenvalue weighted by Crippen LogP contribution is -2.35. The summed E-state index contributed by atoms with van der Waals surface area (Å²) in [4.78, 5) is 9.27. The van der Waals surface area contributed by atoms with Gasteiger partial charge in [-0.1, -0.05) is 6.07 Å². The van der Waals surface area contributed by atoms with Gasteiger partial charge in [0.15, 0.2) is 5.65 Å². The van der Waals surface area contributed by atoms with Crippen LogP contribution in [0, 0.1) is 0 Å². The zero-order chi connectivity index (χ0) is 18.1. The predicted molar refractivity (Wildman–Crippen MR) is 103 cm³/mol. The average molecular weight is 360 g/mol. The second-order valence-electron chi connectivity index (χ2n) is 6.70. The molecule has 8 nitrogen and oxygen atoms in total. The number of H-pyrrole nitrogens is 1. The number of pyridine rings is 1. The van der Waals surface area contributed by atoms with Gasteiger partial charge in [-0.15, -0.1) is 0 Å². The molecule has 0 amide bonds. The van der Waals surface area contributed by atoms with Crippen LogP contribution in [0.25, 0.3) is 28.3 Å². The molecule has 0 bridgehead atoms. The van der Waals surface area contributed by atoms with Gasteiger partial charge in [0.1, 0.15) is 11.5 Å². The molecule has 8 heteroatoms. The average Bonchev–Trinajstić information content (AvgIpc) is 3.38. The van der Waals surface area contributed by atoms with Crippen LogP contribution in [-0.4, -0.2) is 48.9 Å². The molecular formula is C19H20N8. The third kappa shape index (κ3) is 3.15. The van der Waals surface area contributed by atoms with Crippen LogP contribution in [0.3, 0.4) is 0 Å². The van der Waals surface area contributed by atoms with Crippen molar-refractivity contribution in [2.24, 2.45) is 0 Å². The molecule has 4 aromatic rings. The number of fused-ring (bicyclic) bond motifs is 1. The Bertz CT molecular complexity index is 1050. The van der Waals surface area contributed by atoms with E-state index in [0.29, 0.717) is 6.04 Å². The lowest BCUT2D eigenvalue weighted by atomic mass is 10.1. The second-order valence-corrected chi connectivity index (χ2v) is 6.70. The first-order valence-corrected chi connectivity index (χ1v) is 9.15. The lowest BCUT2D eigenvalue weighted by molar-refractivity contribution is 0.478. The summed E-state index contributed by atoms with van der Waals surface area (Å²) in [6.07, 6.45) is 7.62. The number of nitrogens with one attached hydrogen (secondary N) is 3. The maximum Gasteiger partial charge on any atom is 0.154 e. The van der Waals surface area contributed by atoms with Crippen LogP contribution in [0.4, 0.5) is 5.82 Å². The molecule has 0 aliphatic carbocycles. The molecule has 0 unspecified atom stereocenters. The van der Waals surface area contributed by atoms with E-state index in [4.69, 9.17) is 10.1 Å². The van der Waals surface area contributed by atoms with E-state index >= 15 is 0 Å².